The van der Waals surface area contributed by atoms with E-state index in [1.54, 1.807) is 0 Å². The van der Waals surface area contributed by atoms with Crippen LogP contribution in [0.3, 0.4) is 0 Å². The van der Waals surface area contributed by atoms with Crippen LogP contribution < -0.4 is 10.6 Å². The summed E-state index contributed by atoms with van der Waals surface area (Å²) in [6.45, 7) is 3.65. The van der Waals surface area contributed by atoms with Crippen molar-refractivity contribution < 1.29 is 19.5 Å². The van der Waals surface area contributed by atoms with Gasteiger partial charge in [0.1, 0.15) is 6.04 Å². The molecule has 2 unspecified atom stereocenters. The monoisotopic (exact) mass is 296 g/mol. The first-order valence-corrected chi connectivity index (χ1v) is 7.68. The molecule has 0 aromatic heterocycles. The second kappa shape index (κ2) is 6.45. The molecule has 0 aromatic rings. The zero-order valence-electron chi connectivity index (χ0n) is 12.6. The number of hydrogen-bond donors (Lipinski definition) is 3. The van der Waals surface area contributed by atoms with E-state index in [-0.39, 0.29) is 24.3 Å². The van der Waals surface area contributed by atoms with E-state index in [2.05, 4.69) is 10.6 Å². The molecular formula is C15H24N2O4. The second-order valence-electron chi connectivity index (χ2n) is 6.65. The topological polar surface area (TPSA) is 95.5 Å². The van der Waals surface area contributed by atoms with E-state index in [9.17, 15) is 14.4 Å². The van der Waals surface area contributed by atoms with Gasteiger partial charge in [0.05, 0.1) is 6.54 Å². The molecule has 2 fully saturated rings. The lowest BCUT2D eigenvalue weighted by molar-refractivity contribution is -0.142. The van der Waals surface area contributed by atoms with Crippen LogP contribution in [0.4, 0.5) is 0 Å². The van der Waals surface area contributed by atoms with Crippen LogP contribution in [0.2, 0.25) is 0 Å². The standard InChI is InChI=1S/C15H24N2O4/c1-8(2)5-12(15(20)21)17-13(18)7-16-14(19)11-6-10(11)9-3-4-9/h8-12H,3-7H2,1-2H3,(H,16,19)(H,17,18)(H,20,21)/t10?,11?,12-/m0/s1. The van der Waals surface area contributed by atoms with Gasteiger partial charge in [-0.05, 0) is 43.4 Å². The molecule has 0 saturated heterocycles. The molecule has 21 heavy (non-hydrogen) atoms. The fraction of sp³-hybridized carbons (Fsp3) is 0.800. The fourth-order valence-electron chi connectivity index (χ4n) is 2.80. The third-order valence-corrected chi connectivity index (χ3v) is 4.17. The average Bonchev–Trinajstić information content (AvgIpc) is 3.25. The van der Waals surface area contributed by atoms with Gasteiger partial charge in [-0.1, -0.05) is 13.8 Å². The smallest absolute Gasteiger partial charge is 0.326 e. The van der Waals surface area contributed by atoms with Gasteiger partial charge < -0.3 is 15.7 Å². The number of carboxylic acid groups (broad SMARTS) is 1. The van der Waals surface area contributed by atoms with Gasteiger partial charge >= 0.3 is 5.97 Å². The van der Waals surface area contributed by atoms with Crippen LogP contribution in [0.5, 0.6) is 0 Å². The summed E-state index contributed by atoms with van der Waals surface area (Å²) in [6, 6.07) is -0.894. The minimum Gasteiger partial charge on any atom is -0.480 e. The Kier molecular flexibility index (Phi) is 4.85. The minimum absolute atomic E-state index is 0.0660. The molecule has 2 aliphatic rings. The van der Waals surface area contributed by atoms with Crippen molar-refractivity contribution >= 4 is 17.8 Å². The summed E-state index contributed by atoms with van der Waals surface area (Å²) in [7, 11) is 0. The third-order valence-electron chi connectivity index (χ3n) is 4.17. The lowest BCUT2D eigenvalue weighted by atomic mass is 10.0. The van der Waals surface area contributed by atoms with Crippen LogP contribution in [-0.4, -0.2) is 35.5 Å². The molecule has 118 valence electrons. The van der Waals surface area contributed by atoms with E-state index in [0.29, 0.717) is 12.3 Å². The molecule has 0 aromatic carbocycles. The van der Waals surface area contributed by atoms with E-state index >= 15 is 0 Å². The van der Waals surface area contributed by atoms with Crippen molar-refractivity contribution in [3.8, 4) is 0 Å². The van der Waals surface area contributed by atoms with Crippen LogP contribution in [0, 0.1) is 23.7 Å². The molecule has 0 bridgehead atoms. The largest absolute Gasteiger partial charge is 0.480 e. The maximum atomic E-state index is 11.8. The highest BCUT2D eigenvalue weighted by molar-refractivity contribution is 5.89. The molecule has 0 radical (unpaired) electrons. The lowest BCUT2D eigenvalue weighted by Gasteiger charge is -2.16. The first-order valence-electron chi connectivity index (χ1n) is 7.68. The second-order valence-corrected chi connectivity index (χ2v) is 6.65. The van der Waals surface area contributed by atoms with Gasteiger partial charge in [0, 0.05) is 5.92 Å². The minimum atomic E-state index is -1.04. The Morgan fingerprint density at radius 1 is 1.24 bits per heavy atom. The van der Waals surface area contributed by atoms with Crippen molar-refractivity contribution in [3.63, 3.8) is 0 Å². The molecule has 6 heteroatoms. The molecule has 0 spiro atoms. The SMILES string of the molecule is CC(C)C[C@H](NC(=O)CNC(=O)C1CC1C1CC1)C(=O)O. The Morgan fingerprint density at radius 2 is 1.90 bits per heavy atom. The number of aliphatic carboxylic acids is 1. The summed E-state index contributed by atoms with van der Waals surface area (Å²) in [5, 5.41) is 14.1. The van der Waals surface area contributed by atoms with E-state index in [1.807, 2.05) is 13.8 Å². The van der Waals surface area contributed by atoms with E-state index in [0.717, 1.165) is 12.3 Å². The quantitative estimate of drug-likeness (QED) is 0.616. The van der Waals surface area contributed by atoms with Gasteiger partial charge in [0.25, 0.3) is 0 Å². The Hall–Kier alpha value is -1.59. The molecule has 3 atom stereocenters. The highest BCUT2D eigenvalue weighted by atomic mass is 16.4. The molecule has 2 saturated carbocycles. The zero-order valence-corrected chi connectivity index (χ0v) is 12.6. The molecule has 6 nitrogen and oxygen atoms in total. The molecular weight excluding hydrogens is 272 g/mol. The maximum absolute atomic E-state index is 11.8. The summed E-state index contributed by atoms with van der Waals surface area (Å²) >= 11 is 0. The summed E-state index contributed by atoms with van der Waals surface area (Å²) in [4.78, 5) is 34.6. The zero-order chi connectivity index (χ0) is 15.6. The number of hydrogen-bond acceptors (Lipinski definition) is 3. The van der Waals surface area contributed by atoms with Crippen molar-refractivity contribution in [3.05, 3.63) is 0 Å². The van der Waals surface area contributed by atoms with Gasteiger partial charge in [-0.25, -0.2) is 4.79 Å². The summed E-state index contributed by atoms with van der Waals surface area (Å²) < 4.78 is 0. The van der Waals surface area contributed by atoms with Crippen LogP contribution in [0.25, 0.3) is 0 Å². The van der Waals surface area contributed by atoms with E-state index in [1.165, 1.54) is 12.8 Å². The molecule has 2 rings (SSSR count). The van der Waals surface area contributed by atoms with Crippen molar-refractivity contribution in [2.24, 2.45) is 23.7 Å². The van der Waals surface area contributed by atoms with Crippen molar-refractivity contribution in [2.45, 2.75) is 45.6 Å². The van der Waals surface area contributed by atoms with Crippen LogP contribution in [0.1, 0.15) is 39.5 Å². The number of amides is 2. The summed E-state index contributed by atoms with van der Waals surface area (Å²) in [6.07, 6.45) is 3.76. The number of nitrogens with one attached hydrogen (secondary N) is 2. The first-order chi connectivity index (χ1) is 9.88. The van der Waals surface area contributed by atoms with Crippen LogP contribution in [0.15, 0.2) is 0 Å². The van der Waals surface area contributed by atoms with Gasteiger partial charge in [-0.15, -0.1) is 0 Å². The molecule has 3 N–H and O–H groups in total. The Morgan fingerprint density at radius 3 is 2.43 bits per heavy atom. The van der Waals surface area contributed by atoms with Crippen molar-refractivity contribution in [2.75, 3.05) is 6.54 Å². The number of rotatable bonds is 8. The summed E-state index contributed by atoms with van der Waals surface area (Å²) in [5.74, 6) is -0.0852. The number of carbonyl (C=O) groups excluding carboxylic acids is 2. The van der Waals surface area contributed by atoms with Gasteiger partial charge in [0.15, 0.2) is 0 Å². The first kappa shape index (κ1) is 15.8. The van der Waals surface area contributed by atoms with Crippen LogP contribution in [-0.2, 0) is 14.4 Å². The summed E-state index contributed by atoms with van der Waals surface area (Å²) in [5.41, 5.74) is 0. The lowest BCUT2D eigenvalue weighted by Crippen LogP contribution is -2.46. The predicted molar refractivity (Wildman–Crippen MR) is 76.4 cm³/mol. The highest BCUT2D eigenvalue weighted by Gasteiger charge is 2.51. The molecule has 0 heterocycles. The van der Waals surface area contributed by atoms with Gasteiger partial charge in [0.2, 0.25) is 11.8 Å². The van der Waals surface area contributed by atoms with E-state index < -0.39 is 17.9 Å². The fourth-order valence-corrected chi connectivity index (χ4v) is 2.80. The Bertz CT molecular complexity index is 431. The predicted octanol–water partition coefficient (Wildman–Crippen LogP) is 0.764. The van der Waals surface area contributed by atoms with Crippen LogP contribution >= 0.6 is 0 Å². The third kappa shape index (κ3) is 4.72. The number of carboxylic acids is 1. The Labute approximate surface area is 124 Å². The van der Waals surface area contributed by atoms with Gasteiger partial charge in [-0.3, -0.25) is 9.59 Å². The van der Waals surface area contributed by atoms with Crippen molar-refractivity contribution in [1.82, 2.24) is 10.6 Å². The Balaban J connectivity index is 1.68. The molecule has 0 aliphatic heterocycles. The maximum Gasteiger partial charge on any atom is 0.326 e. The molecule has 2 amide bonds. The number of carbonyl (C=O) groups is 3. The van der Waals surface area contributed by atoms with E-state index in [4.69, 9.17) is 5.11 Å². The van der Waals surface area contributed by atoms with Crippen molar-refractivity contribution in [1.29, 1.82) is 0 Å². The molecule has 2 aliphatic carbocycles. The van der Waals surface area contributed by atoms with Gasteiger partial charge in [-0.2, -0.15) is 0 Å². The normalized spacial score (nSPS) is 25.3. The average molecular weight is 296 g/mol. The highest BCUT2D eigenvalue weighted by Crippen LogP contribution is 2.54.